The highest BCUT2D eigenvalue weighted by atomic mass is 16.5. The fourth-order valence-corrected chi connectivity index (χ4v) is 1.18. The van der Waals surface area contributed by atoms with Crippen LogP contribution in [-0.2, 0) is 16.1 Å². The van der Waals surface area contributed by atoms with Crippen molar-refractivity contribution >= 4 is 6.29 Å². The van der Waals surface area contributed by atoms with E-state index in [1.54, 1.807) is 6.92 Å². The van der Waals surface area contributed by atoms with Gasteiger partial charge in [0.2, 0.25) is 0 Å². The molecule has 0 heterocycles. The third kappa shape index (κ3) is 3.81. The van der Waals surface area contributed by atoms with Crippen molar-refractivity contribution in [2.24, 2.45) is 0 Å². The van der Waals surface area contributed by atoms with Crippen LogP contribution in [0.2, 0.25) is 0 Å². The van der Waals surface area contributed by atoms with Crippen molar-refractivity contribution in [3.05, 3.63) is 35.9 Å². The average molecular weight is 208 g/mol. The van der Waals surface area contributed by atoms with E-state index in [0.717, 1.165) is 11.8 Å². The summed E-state index contributed by atoms with van der Waals surface area (Å²) in [5.41, 5.74) is 0.264. The van der Waals surface area contributed by atoms with Crippen molar-refractivity contribution in [3.63, 3.8) is 0 Å². The number of rotatable bonds is 6. The van der Waals surface area contributed by atoms with Crippen LogP contribution >= 0.6 is 0 Å². The topological polar surface area (TPSA) is 46.5 Å². The van der Waals surface area contributed by atoms with Crippen molar-refractivity contribution in [3.8, 4) is 0 Å². The molecule has 1 rings (SSSR count). The minimum Gasteiger partial charge on any atom is -0.393 e. The molecular weight excluding hydrogens is 192 g/mol. The molecular formula is C12H16O3. The average Bonchev–Trinajstić information content (AvgIpc) is 2.28. The van der Waals surface area contributed by atoms with Gasteiger partial charge < -0.3 is 14.6 Å². The van der Waals surface area contributed by atoms with Crippen LogP contribution in [-0.4, -0.2) is 23.6 Å². The van der Waals surface area contributed by atoms with Gasteiger partial charge in [0.05, 0.1) is 18.8 Å². The first kappa shape index (κ1) is 11.9. The van der Waals surface area contributed by atoms with Crippen LogP contribution in [0.4, 0.5) is 0 Å². The lowest BCUT2D eigenvalue weighted by Crippen LogP contribution is -2.33. The number of aldehydes is 1. The van der Waals surface area contributed by atoms with Crippen LogP contribution in [0.25, 0.3) is 0 Å². The molecule has 1 atom stereocenters. The van der Waals surface area contributed by atoms with E-state index in [9.17, 15) is 4.79 Å². The largest absolute Gasteiger partial charge is 0.393 e. The fraction of sp³-hybridized carbons (Fsp3) is 0.417. The molecule has 0 unspecified atom stereocenters. The Morgan fingerprint density at radius 1 is 1.40 bits per heavy atom. The third-order valence-electron chi connectivity index (χ3n) is 2.28. The van der Waals surface area contributed by atoms with Crippen molar-refractivity contribution in [1.82, 2.24) is 0 Å². The Bertz CT molecular complexity index is 297. The molecule has 0 saturated carbocycles. The monoisotopic (exact) mass is 208 g/mol. The molecule has 0 fully saturated rings. The molecule has 0 aliphatic carbocycles. The molecule has 1 aromatic rings. The minimum absolute atomic E-state index is 0.154. The third-order valence-corrected chi connectivity index (χ3v) is 2.28. The van der Waals surface area contributed by atoms with Crippen LogP contribution < -0.4 is 0 Å². The van der Waals surface area contributed by atoms with E-state index < -0.39 is 5.60 Å². The molecule has 1 N–H and O–H groups in total. The highest BCUT2D eigenvalue weighted by Gasteiger charge is 2.23. The summed E-state index contributed by atoms with van der Waals surface area (Å²) in [5.74, 6) is 0. The van der Waals surface area contributed by atoms with Gasteiger partial charge >= 0.3 is 0 Å². The first-order valence-corrected chi connectivity index (χ1v) is 4.92. The second kappa shape index (κ2) is 5.63. The normalized spacial score (nSPS) is 14.5. The molecule has 0 spiro atoms. The standard InChI is InChI=1S/C12H16O3/c1-12(10-14,7-8-13)15-9-11-5-3-2-4-6-11/h2-6,8,14H,7,9-10H2,1H3/t12-/m1/s1. The summed E-state index contributed by atoms with van der Waals surface area (Å²) in [7, 11) is 0. The molecule has 0 aromatic heterocycles. The Morgan fingerprint density at radius 2 is 2.07 bits per heavy atom. The summed E-state index contributed by atoms with van der Waals surface area (Å²) in [5, 5.41) is 9.11. The molecule has 0 radical (unpaired) electrons. The predicted molar refractivity (Wildman–Crippen MR) is 57.4 cm³/mol. The van der Waals surface area contributed by atoms with E-state index >= 15 is 0 Å². The smallest absolute Gasteiger partial charge is 0.122 e. The molecule has 1 aromatic carbocycles. The SMILES string of the molecule is C[C@](CO)(CC=O)OCc1ccccc1. The lowest BCUT2D eigenvalue weighted by molar-refractivity contribution is -0.120. The van der Waals surface area contributed by atoms with Gasteiger partial charge in [0, 0.05) is 6.42 Å². The lowest BCUT2D eigenvalue weighted by Gasteiger charge is -2.25. The number of aliphatic hydroxyl groups excluding tert-OH is 1. The Balaban J connectivity index is 2.51. The fourth-order valence-electron chi connectivity index (χ4n) is 1.18. The predicted octanol–water partition coefficient (Wildman–Crippen LogP) is 1.54. The van der Waals surface area contributed by atoms with E-state index in [2.05, 4.69) is 0 Å². The molecule has 82 valence electrons. The van der Waals surface area contributed by atoms with Gasteiger partial charge in [0.25, 0.3) is 0 Å². The summed E-state index contributed by atoms with van der Waals surface area (Å²) >= 11 is 0. The van der Waals surface area contributed by atoms with Crippen molar-refractivity contribution in [1.29, 1.82) is 0 Å². The molecule has 15 heavy (non-hydrogen) atoms. The van der Waals surface area contributed by atoms with E-state index in [-0.39, 0.29) is 13.0 Å². The second-order valence-electron chi connectivity index (χ2n) is 3.75. The van der Waals surface area contributed by atoms with Crippen molar-refractivity contribution in [2.75, 3.05) is 6.61 Å². The Kier molecular flexibility index (Phi) is 4.46. The van der Waals surface area contributed by atoms with Gasteiger partial charge in [0.1, 0.15) is 6.29 Å². The Hall–Kier alpha value is -1.19. The van der Waals surface area contributed by atoms with Gasteiger partial charge in [-0.3, -0.25) is 0 Å². The highest BCUT2D eigenvalue weighted by Crippen LogP contribution is 2.15. The van der Waals surface area contributed by atoms with Gasteiger partial charge in [-0.1, -0.05) is 30.3 Å². The molecule has 0 bridgehead atoms. The zero-order chi connectivity index (χ0) is 11.1. The zero-order valence-electron chi connectivity index (χ0n) is 8.85. The molecule has 3 nitrogen and oxygen atoms in total. The van der Waals surface area contributed by atoms with Gasteiger partial charge in [-0.25, -0.2) is 0 Å². The number of aliphatic hydroxyl groups is 1. The highest BCUT2D eigenvalue weighted by molar-refractivity contribution is 5.51. The lowest BCUT2D eigenvalue weighted by atomic mass is 10.0. The summed E-state index contributed by atoms with van der Waals surface area (Å²) < 4.78 is 5.52. The van der Waals surface area contributed by atoms with Crippen LogP contribution in [0.3, 0.4) is 0 Å². The van der Waals surface area contributed by atoms with Crippen LogP contribution in [0, 0.1) is 0 Å². The number of carbonyl (C=O) groups is 1. The molecule has 0 aliphatic rings. The van der Waals surface area contributed by atoms with Gasteiger partial charge in [-0.2, -0.15) is 0 Å². The van der Waals surface area contributed by atoms with Gasteiger partial charge in [-0.15, -0.1) is 0 Å². The van der Waals surface area contributed by atoms with E-state index in [1.165, 1.54) is 0 Å². The van der Waals surface area contributed by atoms with Crippen LogP contribution in [0.5, 0.6) is 0 Å². The van der Waals surface area contributed by atoms with Crippen molar-refractivity contribution in [2.45, 2.75) is 25.6 Å². The maximum absolute atomic E-state index is 10.4. The van der Waals surface area contributed by atoms with Gasteiger partial charge in [0.15, 0.2) is 0 Å². The van der Waals surface area contributed by atoms with Gasteiger partial charge in [-0.05, 0) is 12.5 Å². The number of benzene rings is 1. The van der Waals surface area contributed by atoms with Crippen molar-refractivity contribution < 1.29 is 14.6 Å². The maximum atomic E-state index is 10.4. The number of hydrogen-bond donors (Lipinski definition) is 1. The second-order valence-corrected chi connectivity index (χ2v) is 3.75. The quantitative estimate of drug-likeness (QED) is 0.721. The van der Waals surface area contributed by atoms with E-state index in [1.807, 2.05) is 30.3 Å². The zero-order valence-corrected chi connectivity index (χ0v) is 8.85. The van der Waals surface area contributed by atoms with Crippen LogP contribution in [0.15, 0.2) is 30.3 Å². The summed E-state index contributed by atoms with van der Waals surface area (Å²) in [4.78, 5) is 10.4. The van der Waals surface area contributed by atoms with E-state index in [0.29, 0.717) is 6.61 Å². The number of ether oxygens (including phenoxy) is 1. The number of carbonyl (C=O) groups excluding carboxylic acids is 1. The summed E-state index contributed by atoms with van der Waals surface area (Å²) in [6.07, 6.45) is 0.970. The Labute approximate surface area is 89.7 Å². The number of hydrogen-bond acceptors (Lipinski definition) is 3. The first-order valence-electron chi connectivity index (χ1n) is 4.92. The minimum atomic E-state index is -0.766. The summed E-state index contributed by atoms with van der Waals surface area (Å²) in [6.45, 7) is 1.98. The molecule has 3 heteroatoms. The Morgan fingerprint density at radius 3 is 2.60 bits per heavy atom. The summed E-state index contributed by atoms with van der Waals surface area (Å²) in [6, 6.07) is 9.67. The molecule has 0 aliphatic heterocycles. The molecule has 0 saturated heterocycles. The first-order chi connectivity index (χ1) is 7.20. The maximum Gasteiger partial charge on any atom is 0.122 e. The van der Waals surface area contributed by atoms with Crippen LogP contribution in [0.1, 0.15) is 18.9 Å². The molecule has 0 amide bonds. The van der Waals surface area contributed by atoms with E-state index in [4.69, 9.17) is 9.84 Å².